The molecule has 0 fully saturated rings. The van der Waals surface area contributed by atoms with E-state index in [0.29, 0.717) is 6.54 Å². The molecule has 0 aliphatic rings. The summed E-state index contributed by atoms with van der Waals surface area (Å²) in [4.78, 5) is 21.6. The normalized spacial score (nSPS) is 12.1. The summed E-state index contributed by atoms with van der Waals surface area (Å²) in [7, 11) is 0. The second kappa shape index (κ2) is 9.15. The van der Waals surface area contributed by atoms with Crippen molar-refractivity contribution < 1.29 is 14.7 Å². The molecule has 1 amide bonds. The zero-order valence-corrected chi connectivity index (χ0v) is 9.87. The molecule has 0 rings (SSSR count). The molecular formula is C11H22N2O3. The van der Waals surface area contributed by atoms with Crippen molar-refractivity contribution in [1.29, 1.82) is 0 Å². The van der Waals surface area contributed by atoms with Crippen LogP contribution in [0, 0.1) is 0 Å². The number of carboxylic acid groups (broad SMARTS) is 1. The first-order valence-electron chi connectivity index (χ1n) is 5.83. The molecule has 0 saturated carbocycles. The van der Waals surface area contributed by atoms with Crippen molar-refractivity contribution in [3.63, 3.8) is 0 Å². The van der Waals surface area contributed by atoms with Crippen LogP contribution in [-0.4, -0.2) is 29.6 Å². The van der Waals surface area contributed by atoms with Crippen LogP contribution in [0.1, 0.15) is 45.4 Å². The summed E-state index contributed by atoms with van der Waals surface area (Å²) in [6, 6.07) is -0.937. The van der Waals surface area contributed by atoms with Crippen LogP contribution in [0.15, 0.2) is 0 Å². The van der Waals surface area contributed by atoms with Gasteiger partial charge in [-0.05, 0) is 6.42 Å². The van der Waals surface area contributed by atoms with Gasteiger partial charge in [0.1, 0.15) is 0 Å². The Morgan fingerprint density at radius 1 is 1.25 bits per heavy atom. The van der Waals surface area contributed by atoms with Gasteiger partial charge in [0.25, 0.3) is 0 Å². The summed E-state index contributed by atoms with van der Waals surface area (Å²) in [6.45, 7) is 2.72. The molecule has 5 heteroatoms. The van der Waals surface area contributed by atoms with Crippen LogP contribution in [0.4, 0.5) is 0 Å². The number of carbonyl (C=O) groups is 2. The van der Waals surface area contributed by atoms with E-state index in [-0.39, 0.29) is 12.3 Å². The van der Waals surface area contributed by atoms with Crippen LogP contribution in [0.3, 0.4) is 0 Å². The molecule has 0 aromatic carbocycles. The summed E-state index contributed by atoms with van der Waals surface area (Å²) in [5.41, 5.74) is 5.39. The molecule has 0 heterocycles. The Morgan fingerprint density at radius 3 is 2.44 bits per heavy atom. The van der Waals surface area contributed by atoms with Gasteiger partial charge in [-0.15, -0.1) is 0 Å². The van der Waals surface area contributed by atoms with Gasteiger partial charge in [-0.3, -0.25) is 9.59 Å². The summed E-state index contributed by atoms with van der Waals surface area (Å²) >= 11 is 0. The highest BCUT2D eigenvalue weighted by Gasteiger charge is 2.15. The lowest BCUT2D eigenvalue weighted by atomic mass is 10.1. The fraction of sp³-hybridized carbons (Fsp3) is 0.818. The Hall–Kier alpha value is -1.10. The number of amides is 1. The first-order valence-corrected chi connectivity index (χ1v) is 5.83. The number of aliphatic carboxylic acids is 1. The summed E-state index contributed by atoms with van der Waals surface area (Å²) in [6.07, 6.45) is 5.27. The number of carboxylic acids is 1. The van der Waals surface area contributed by atoms with E-state index in [9.17, 15) is 9.59 Å². The van der Waals surface area contributed by atoms with Crippen LogP contribution in [-0.2, 0) is 9.59 Å². The Balaban J connectivity index is 3.46. The number of hydrogen-bond donors (Lipinski definition) is 3. The van der Waals surface area contributed by atoms with Crippen LogP contribution < -0.4 is 11.1 Å². The van der Waals surface area contributed by atoms with Gasteiger partial charge in [0, 0.05) is 6.54 Å². The standard InChI is InChI=1S/C11H22N2O3/c1-2-3-4-5-6-7-13-11(16)9(12)8-10(14)15/h9H,2-8,12H2,1H3,(H,13,16)(H,14,15)/t9-/m1/s1. The zero-order chi connectivity index (χ0) is 12.4. The van der Waals surface area contributed by atoms with Gasteiger partial charge in [-0.1, -0.05) is 32.6 Å². The first kappa shape index (κ1) is 14.9. The molecule has 4 N–H and O–H groups in total. The molecule has 0 aliphatic carbocycles. The van der Waals surface area contributed by atoms with E-state index in [1.807, 2.05) is 0 Å². The van der Waals surface area contributed by atoms with Gasteiger partial charge in [0.2, 0.25) is 5.91 Å². The van der Waals surface area contributed by atoms with Gasteiger partial charge in [0.15, 0.2) is 0 Å². The minimum Gasteiger partial charge on any atom is -0.481 e. The molecule has 0 radical (unpaired) electrons. The van der Waals surface area contributed by atoms with Gasteiger partial charge in [-0.2, -0.15) is 0 Å². The molecule has 5 nitrogen and oxygen atoms in total. The van der Waals surface area contributed by atoms with Crippen LogP contribution in [0.5, 0.6) is 0 Å². The van der Waals surface area contributed by atoms with Crippen molar-refractivity contribution >= 4 is 11.9 Å². The molecule has 0 bridgehead atoms. The average molecular weight is 230 g/mol. The van der Waals surface area contributed by atoms with E-state index >= 15 is 0 Å². The molecule has 0 spiro atoms. The van der Waals surface area contributed by atoms with E-state index in [0.717, 1.165) is 12.8 Å². The summed E-state index contributed by atoms with van der Waals surface area (Å²) in [5.74, 6) is -1.43. The van der Waals surface area contributed by atoms with Crippen LogP contribution >= 0.6 is 0 Å². The average Bonchev–Trinajstić information content (AvgIpc) is 2.21. The summed E-state index contributed by atoms with van der Waals surface area (Å²) < 4.78 is 0. The van der Waals surface area contributed by atoms with E-state index in [2.05, 4.69) is 12.2 Å². The molecule has 0 saturated heterocycles. The van der Waals surface area contributed by atoms with Crippen molar-refractivity contribution in [2.24, 2.45) is 5.73 Å². The number of carbonyl (C=O) groups excluding carboxylic acids is 1. The third kappa shape index (κ3) is 8.23. The highest BCUT2D eigenvalue weighted by atomic mass is 16.4. The molecule has 0 aliphatic heterocycles. The highest BCUT2D eigenvalue weighted by Crippen LogP contribution is 2.01. The second-order valence-electron chi connectivity index (χ2n) is 3.91. The van der Waals surface area contributed by atoms with E-state index in [1.54, 1.807) is 0 Å². The van der Waals surface area contributed by atoms with Gasteiger partial charge in [0.05, 0.1) is 12.5 Å². The Morgan fingerprint density at radius 2 is 1.88 bits per heavy atom. The lowest BCUT2D eigenvalue weighted by Gasteiger charge is -2.09. The fourth-order valence-electron chi connectivity index (χ4n) is 1.35. The van der Waals surface area contributed by atoms with Crippen molar-refractivity contribution in [3.05, 3.63) is 0 Å². The predicted octanol–water partition coefficient (Wildman–Crippen LogP) is 0.875. The molecule has 1 atom stereocenters. The monoisotopic (exact) mass is 230 g/mol. The van der Waals surface area contributed by atoms with Gasteiger partial charge < -0.3 is 16.2 Å². The van der Waals surface area contributed by atoms with Gasteiger partial charge in [-0.25, -0.2) is 0 Å². The second-order valence-corrected chi connectivity index (χ2v) is 3.91. The minimum absolute atomic E-state index is 0.318. The Kier molecular flexibility index (Phi) is 8.52. The third-order valence-corrected chi connectivity index (χ3v) is 2.31. The SMILES string of the molecule is CCCCCCCNC(=O)[C@H](N)CC(=O)O. The number of unbranched alkanes of at least 4 members (excludes halogenated alkanes) is 4. The summed E-state index contributed by atoms with van der Waals surface area (Å²) in [5, 5.41) is 11.1. The van der Waals surface area contributed by atoms with Gasteiger partial charge >= 0.3 is 5.97 Å². The van der Waals surface area contributed by atoms with E-state index in [4.69, 9.17) is 10.8 Å². The number of rotatable bonds is 9. The van der Waals surface area contributed by atoms with Crippen molar-refractivity contribution in [2.75, 3.05) is 6.54 Å². The lowest BCUT2D eigenvalue weighted by molar-refractivity contribution is -0.139. The number of nitrogens with two attached hydrogens (primary N) is 1. The maximum atomic E-state index is 11.3. The van der Waals surface area contributed by atoms with Crippen molar-refractivity contribution in [3.8, 4) is 0 Å². The molecule has 0 aromatic heterocycles. The predicted molar refractivity (Wildman–Crippen MR) is 62.0 cm³/mol. The van der Waals surface area contributed by atoms with Crippen molar-refractivity contribution in [2.45, 2.75) is 51.5 Å². The van der Waals surface area contributed by atoms with E-state index in [1.165, 1.54) is 19.3 Å². The molecule has 0 unspecified atom stereocenters. The third-order valence-electron chi connectivity index (χ3n) is 2.31. The van der Waals surface area contributed by atoms with Crippen LogP contribution in [0.25, 0.3) is 0 Å². The maximum absolute atomic E-state index is 11.3. The maximum Gasteiger partial charge on any atom is 0.305 e. The topological polar surface area (TPSA) is 92.4 Å². The van der Waals surface area contributed by atoms with Crippen LogP contribution in [0.2, 0.25) is 0 Å². The molecular weight excluding hydrogens is 208 g/mol. The zero-order valence-electron chi connectivity index (χ0n) is 9.87. The quantitative estimate of drug-likeness (QED) is 0.512. The molecule has 16 heavy (non-hydrogen) atoms. The van der Waals surface area contributed by atoms with Crippen molar-refractivity contribution in [1.82, 2.24) is 5.32 Å². The lowest BCUT2D eigenvalue weighted by Crippen LogP contribution is -2.42. The smallest absolute Gasteiger partial charge is 0.305 e. The number of hydrogen-bond acceptors (Lipinski definition) is 3. The largest absolute Gasteiger partial charge is 0.481 e. The Labute approximate surface area is 96.4 Å². The highest BCUT2D eigenvalue weighted by molar-refractivity contribution is 5.85. The van der Waals surface area contributed by atoms with E-state index < -0.39 is 12.0 Å². The number of nitrogens with one attached hydrogen (secondary N) is 1. The minimum atomic E-state index is -1.05. The first-order chi connectivity index (χ1) is 7.57. The molecule has 94 valence electrons. The fourth-order valence-corrected chi connectivity index (χ4v) is 1.35. The Bertz CT molecular complexity index is 219. The molecule has 0 aromatic rings.